The molecule has 0 spiro atoms. The van der Waals surface area contributed by atoms with Crippen molar-refractivity contribution >= 4 is 23.2 Å². The first kappa shape index (κ1) is 23.2. The Balaban J connectivity index is 1.66. The van der Waals surface area contributed by atoms with Crippen molar-refractivity contribution in [3.05, 3.63) is 53.0 Å². The van der Waals surface area contributed by atoms with Gasteiger partial charge in [-0.05, 0) is 64.3 Å². The third kappa shape index (κ3) is 5.03. The fraction of sp³-hybridized carbons (Fsp3) is 0.458. The van der Waals surface area contributed by atoms with E-state index in [-0.39, 0.29) is 12.4 Å². The van der Waals surface area contributed by atoms with Gasteiger partial charge < -0.3 is 4.74 Å². The predicted octanol–water partition coefficient (Wildman–Crippen LogP) is 5.56. The summed E-state index contributed by atoms with van der Waals surface area (Å²) in [5, 5.41) is 9.43. The fourth-order valence-corrected chi connectivity index (χ4v) is 4.70. The first-order valence-corrected chi connectivity index (χ1v) is 11.9. The van der Waals surface area contributed by atoms with Gasteiger partial charge in [0.25, 0.3) is 0 Å². The number of amides is 1. The van der Waals surface area contributed by atoms with Gasteiger partial charge in [-0.3, -0.25) is 9.88 Å². The third-order valence-corrected chi connectivity index (χ3v) is 6.86. The normalized spacial score (nSPS) is 15.1. The molecule has 0 saturated heterocycles. The highest BCUT2D eigenvalue weighted by molar-refractivity contribution is 7.14. The molecule has 0 radical (unpaired) electrons. The molecule has 0 N–H and O–H groups in total. The van der Waals surface area contributed by atoms with E-state index in [1.807, 2.05) is 27.0 Å². The van der Waals surface area contributed by atoms with E-state index in [0.717, 1.165) is 35.6 Å². The maximum atomic E-state index is 14.7. The molecule has 1 saturated carbocycles. The number of hydrogen-bond donors (Lipinski definition) is 0. The number of thiazole rings is 1. The van der Waals surface area contributed by atoms with Crippen LogP contribution in [0.25, 0.3) is 10.7 Å². The van der Waals surface area contributed by atoms with Crippen LogP contribution in [-0.2, 0) is 16.6 Å². The number of carbonyl (C=O) groups excluding carboxylic acids is 1. The van der Waals surface area contributed by atoms with E-state index >= 15 is 0 Å². The quantitative estimate of drug-likeness (QED) is 0.470. The lowest BCUT2D eigenvalue weighted by Crippen LogP contribution is -2.50. The number of carbonyl (C=O) groups is 1. The van der Waals surface area contributed by atoms with Crippen LogP contribution in [0.3, 0.4) is 0 Å². The van der Waals surface area contributed by atoms with E-state index in [9.17, 15) is 9.18 Å². The number of aryl methyl sites for hydroxylation is 1. The number of halogens is 1. The van der Waals surface area contributed by atoms with Crippen molar-refractivity contribution in [2.24, 2.45) is 0 Å². The van der Waals surface area contributed by atoms with Gasteiger partial charge in [0.2, 0.25) is 0 Å². The first-order chi connectivity index (χ1) is 15.7. The Kier molecular flexibility index (Phi) is 6.43. The molecular weight excluding hydrogens is 441 g/mol. The smallest absolute Gasteiger partial charge is 0.416 e. The zero-order valence-electron chi connectivity index (χ0n) is 19.3. The summed E-state index contributed by atoms with van der Waals surface area (Å²) in [4.78, 5) is 24.5. The molecule has 3 aromatic rings. The van der Waals surface area contributed by atoms with Crippen molar-refractivity contribution in [3.63, 3.8) is 0 Å². The number of nitrogens with zero attached hydrogens (tertiary/aromatic N) is 5. The Morgan fingerprint density at radius 3 is 2.55 bits per heavy atom. The number of pyridine rings is 1. The molecular formula is C24H28FN5O2S. The zero-order valence-corrected chi connectivity index (χ0v) is 20.2. The lowest BCUT2D eigenvalue weighted by Gasteiger charge is -2.44. The number of rotatable bonds is 6. The van der Waals surface area contributed by atoms with Gasteiger partial charge >= 0.3 is 6.09 Å². The lowest BCUT2D eigenvalue weighted by molar-refractivity contribution is 0.0557. The molecule has 9 heteroatoms. The molecule has 174 valence electrons. The molecule has 3 aromatic heterocycles. The Labute approximate surface area is 197 Å². The molecule has 7 nitrogen and oxygen atoms in total. The molecule has 1 amide bonds. The van der Waals surface area contributed by atoms with Crippen molar-refractivity contribution in [2.45, 2.75) is 64.4 Å². The fourth-order valence-electron chi connectivity index (χ4n) is 3.88. The summed E-state index contributed by atoms with van der Waals surface area (Å²) in [5.74, 6) is -0.0128. The molecule has 0 aromatic carbocycles. The first-order valence-electron chi connectivity index (χ1n) is 11.1. The Morgan fingerprint density at radius 1 is 1.21 bits per heavy atom. The minimum Gasteiger partial charge on any atom is -0.443 e. The highest BCUT2D eigenvalue weighted by Crippen LogP contribution is 2.45. The lowest BCUT2D eigenvalue weighted by atomic mass is 9.66. The predicted molar refractivity (Wildman–Crippen MR) is 126 cm³/mol. The van der Waals surface area contributed by atoms with E-state index in [0.29, 0.717) is 17.2 Å². The molecule has 3 heterocycles. The van der Waals surface area contributed by atoms with Gasteiger partial charge in [-0.25, -0.2) is 14.2 Å². The Bertz CT molecular complexity index is 1120. The minimum atomic E-state index is -0.691. The molecule has 0 unspecified atom stereocenters. The minimum absolute atomic E-state index is 0.209. The summed E-state index contributed by atoms with van der Waals surface area (Å²) in [7, 11) is 0. The number of aromatic nitrogens is 4. The maximum Gasteiger partial charge on any atom is 0.416 e. The monoisotopic (exact) mass is 469 g/mol. The van der Waals surface area contributed by atoms with Crippen molar-refractivity contribution in [1.82, 2.24) is 20.2 Å². The molecule has 4 rings (SSSR count). The second kappa shape index (κ2) is 9.13. The average molecular weight is 470 g/mol. The highest BCUT2D eigenvalue weighted by atomic mass is 32.1. The van der Waals surface area contributed by atoms with Crippen molar-refractivity contribution in [3.8, 4) is 10.7 Å². The maximum absolute atomic E-state index is 14.7. The third-order valence-electron chi connectivity index (χ3n) is 5.69. The van der Waals surface area contributed by atoms with Gasteiger partial charge in [-0.15, -0.1) is 21.5 Å². The molecule has 0 bridgehead atoms. The number of anilines is 1. The second-order valence-corrected chi connectivity index (χ2v) is 10.4. The van der Waals surface area contributed by atoms with Gasteiger partial charge in [0, 0.05) is 29.2 Å². The van der Waals surface area contributed by atoms with E-state index in [2.05, 4.69) is 27.1 Å². The van der Waals surface area contributed by atoms with Crippen LogP contribution < -0.4 is 4.90 Å². The number of ether oxygens (including phenoxy) is 1. The number of hydrogen-bond acceptors (Lipinski definition) is 7. The SMILES string of the molecule is CCc1cnc(-c2ccc(N(CC3(c4ncccc4F)CCC3)C(=O)OC(C)(C)C)nn2)s1. The van der Waals surface area contributed by atoms with Crippen LogP contribution in [0.15, 0.2) is 36.7 Å². The van der Waals surface area contributed by atoms with Gasteiger partial charge in [-0.2, -0.15) is 0 Å². The molecule has 0 aliphatic heterocycles. The van der Waals surface area contributed by atoms with Crippen molar-refractivity contribution in [1.29, 1.82) is 0 Å². The Morgan fingerprint density at radius 2 is 2.00 bits per heavy atom. The van der Waals surface area contributed by atoms with Crippen molar-refractivity contribution in [2.75, 3.05) is 11.4 Å². The summed E-state index contributed by atoms with van der Waals surface area (Å²) < 4.78 is 20.3. The summed E-state index contributed by atoms with van der Waals surface area (Å²) >= 11 is 1.57. The van der Waals surface area contributed by atoms with Crippen molar-refractivity contribution < 1.29 is 13.9 Å². The van der Waals surface area contributed by atoms with Gasteiger partial charge in [0.05, 0.1) is 5.69 Å². The van der Waals surface area contributed by atoms with Crippen LogP contribution in [0.2, 0.25) is 0 Å². The van der Waals surface area contributed by atoms with Crippen LogP contribution >= 0.6 is 11.3 Å². The van der Waals surface area contributed by atoms with Crippen LogP contribution in [0, 0.1) is 5.82 Å². The molecule has 1 aliphatic rings. The summed E-state index contributed by atoms with van der Waals surface area (Å²) in [6, 6.07) is 6.52. The summed E-state index contributed by atoms with van der Waals surface area (Å²) in [6.07, 6.45) is 6.17. The van der Waals surface area contributed by atoms with Crippen LogP contribution in [0.5, 0.6) is 0 Å². The van der Waals surface area contributed by atoms with Gasteiger partial charge in [0.1, 0.15) is 22.1 Å². The van der Waals surface area contributed by atoms with E-state index in [1.54, 1.807) is 35.7 Å². The topological polar surface area (TPSA) is 81.1 Å². The molecule has 33 heavy (non-hydrogen) atoms. The molecule has 0 atom stereocenters. The van der Waals surface area contributed by atoms with Gasteiger partial charge in [0.15, 0.2) is 5.82 Å². The van der Waals surface area contributed by atoms with Crippen LogP contribution in [0.4, 0.5) is 15.0 Å². The van der Waals surface area contributed by atoms with E-state index in [4.69, 9.17) is 4.74 Å². The van der Waals surface area contributed by atoms with E-state index in [1.165, 1.54) is 11.0 Å². The average Bonchev–Trinajstić information content (AvgIpc) is 3.22. The Hall–Kier alpha value is -2.94. The van der Waals surface area contributed by atoms with E-state index < -0.39 is 17.1 Å². The highest BCUT2D eigenvalue weighted by Gasteiger charge is 2.45. The second-order valence-electron chi connectivity index (χ2n) is 9.30. The standard InChI is InChI=1S/C24H28FN5O2S/c1-5-16-14-27-21(33-16)18-9-10-19(29-28-18)30(22(31)32-23(2,3)4)15-24(11-7-12-24)20-17(25)8-6-13-26-20/h6,8-10,13-14H,5,7,11-12,15H2,1-4H3. The molecule has 1 aliphatic carbocycles. The zero-order chi connectivity index (χ0) is 23.6. The van der Waals surface area contributed by atoms with Crippen LogP contribution in [-0.4, -0.2) is 38.4 Å². The molecule has 1 fully saturated rings. The van der Waals surface area contributed by atoms with Gasteiger partial charge in [-0.1, -0.05) is 13.3 Å². The summed E-state index contributed by atoms with van der Waals surface area (Å²) in [6.45, 7) is 7.71. The summed E-state index contributed by atoms with van der Waals surface area (Å²) in [5.41, 5.74) is -0.261. The largest absolute Gasteiger partial charge is 0.443 e. The van der Waals surface area contributed by atoms with Crippen LogP contribution in [0.1, 0.15) is 57.5 Å².